The fourth-order valence-corrected chi connectivity index (χ4v) is 4.39. The Bertz CT molecular complexity index is 1230. The largest absolute Gasteiger partial charge is 0.494 e. The van der Waals surface area contributed by atoms with Crippen LogP contribution in [0.25, 0.3) is 0 Å². The summed E-state index contributed by atoms with van der Waals surface area (Å²) < 4.78 is 63.8. The number of amides is 1. The topological polar surface area (TPSA) is 42.0 Å². The molecule has 0 radical (unpaired) electrons. The number of halogens is 5. The van der Waals surface area contributed by atoms with Crippen molar-refractivity contribution in [3.05, 3.63) is 99.8 Å². The summed E-state index contributed by atoms with van der Waals surface area (Å²) in [5.74, 6) is -0.761. The highest BCUT2D eigenvalue weighted by Crippen LogP contribution is 2.30. The van der Waals surface area contributed by atoms with Crippen molar-refractivity contribution >= 4 is 17.5 Å². The number of methoxy groups -OCH3 is 1. The summed E-state index contributed by atoms with van der Waals surface area (Å²) >= 11 is 6.04. The third kappa shape index (κ3) is 7.03. The molecule has 3 aromatic carbocycles. The van der Waals surface area contributed by atoms with Gasteiger partial charge in [0.15, 0.2) is 11.6 Å². The van der Waals surface area contributed by atoms with Crippen LogP contribution in [0.3, 0.4) is 0 Å². The number of nitrogens with zero attached hydrogens (tertiary/aromatic N) is 2. The Labute approximate surface area is 223 Å². The van der Waals surface area contributed by atoms with E-state index in [1.54, 1.807) is 23.1 Å². The molecule has 0 aliphatic carbocycles. The molecule has 0 saturated carbocycles. The van der Waals surface area contributed by atoms with E-state index in [9.17, 15) is 22.4 Å². The minimum absolute atomic E-state index is 0.0795. The van der Waals surface area contributed by atoms with E-state index in [0.29, 0.717) is 43.3 Å². The molecular weight excluding hydrogens is 524 g/mol. The lowest BCUT2D eigenvalue weighted by Crippen LogP contribution is -2.49. The molecule has 38 heavy (non-hydrogen) atoms. The van der Waals surface area contributed by atoms with Crippen LogP contribution in [0.15, 0.2) is 66.7 Å². The Balaban J connectivity index is 1.38. The average Bonchev–Trinajstić information content (AvgIpc) is 2.91. The predicted molar refractivity (Wildman–Crippen MR) is 136 cm³/mol. The number of alkyl halides is 3. The summed E-state index contributed by atoms with van der Waals surface area (Å²) in [6.07, 6.45) is -4.76. The number of hydrogen-bond acceptors (Lipinski definition) is 4. The first-order valence-electron chi connectivity index (χ1n) is 12.0. The highest BCUT2D eigenvalue weighted by atomic mass is 35.5. The van der Waals surface area contributed by atoms with Gasteiger partial charge in [0.2, 0.25) is 0 Å². The number of benzene rings is 3. The molecule has 1 fully saturated rings. The van der Waals surface area contributed by atoms with E-state index >= 15 is 0 Å². The van der Waals surface area contributed by atoms with Crippen LogP contribution in [0.5, 0.6) is 5.75 Å². The molecule has 0 unspecified atom stereocenters. The molecule has 1 aliphatic rings. The molecule has 0 aromatic heterocycles. The molecule has 0 N–H and O–H groups in total. The van der Waals surface area contributed by atoms with Gasteiger partial charge in [-0.15, -0.1) is 0 Å². The lowest BCUT2D eigenvalue weighted by molar-refractivity contribution is -0.137. The van der Waals surface area contributed by atoms with Crippen LogP contribution >= 0.6 is 11.6 Å². The molecule has 1 aliphatic heterocycles. The van der Waals surface area contributed by atoms with E-state index in [-0.39, 0.29) is 29.9 Å². The van der Waals surface area contributed by atoms with Crippen molar-refractivity contribution in [2.45, 2.75) is 18.9 Å². The van der Waals surface area contributed by atoms with Crippen molar-refractivity contribution in [3.8, 4) is 5.75 Å². The molecule has 0 bridgehead atoms. The van der Waals surface area contributed by atoms with Gasteiger partial charge >= 0.3 is 6.18 Å². The quantitative estimate of drug-likeness (QED) is 0.312. The van der Waals surface area contributed by atoms with Crippen LogP contribution in [-0.2, 0) is 17.5 Å². The molecule has 5 nitrogen and oxygen atoms in total. The Morgan fingerprint density at radius 3 is 2.21 bits per heavy atom. The van der Waals surface area contributed by atoms with E-state index in [4.69, 9.17) is 21.1 Å². The van der Waals surface area contributed by atoms with Gasteiger partial charge < -0.3 is 14.4 Å². The third-order valence-corrected chi connectivity index (χ3v) is 6.71. The number of ether oxygens (including phenoxy) is 2. The van der Waals surface area contributed by atoms with Crippen molar-refractivity contribution < 1.29 is 31.8 Å². The molecule has 10 heteroatoms. The van der Waals surface area contributed by atoms with Gasteiger partial charge in [-0.1, -0.05) is 35.9 Å². The molecule has 0 spiro atoms. The average molecular weight is 551 g/mol. The molecule has 1 saturated heterocycles. The minimum Gasteiger partial charge on any atom is -0.494 e. The molecular formula is C28H27ClF4N2O3. The fourth-order valence-electron chi connectivity index (χ4n) is 4.27. The summed E-state index contributed by atoms with van der Waals surface area (Å²) in [7, 11) is 1.36. The first-order chi connectivity index (χ1) is 18.1. The number of rotatable bonds is 8. The standard InChI is InChI=1S/C28H27ClF4N2O3/c1-37-25-11-6-21(16-24(25)30)27(36)35-14-12-34(13-15-35)17-26(20-4-9-23(29)10-5-20)38-18-19-2-7-22(8-3-19)28(31,32)33/h2-11,16,26H,12-15,17-18H2,1H3/t26-/m0/s1. The van der Waals surface area contributed by atoms with Gasteiger partial charge in [0.1, 0.15) is 0 Å². The Kier molecular flexibility index (Phi) is 8.91. The SMILES string of the molecule is COc1ccc(C(=O)N2CCN(C[C@H](OCc3ccc(C(F)(F)F)cc3)c3ccc(Cl)cc3)CC2)cc1F. The van der Waals surface area contributed by atoms with Crippen LogP contribution in [0.4, 0.5) is 17.6 Å². The van der Waals surface area contributed by atoms with E-state index in [1.165, 1.54) is 31.4 Å². The zero-order valence-electron chi connectivity index (χ0n) is 20.7. The van der Waals surface area contributed by atoms with Gasteiger partial charge in [0.25, 0.3) is 5.91 Å². The van der Waals surface area contributed by atoms with E-state index in [2.05, 4.69) is 4.90 Å². The molecule has 1 atom stereocenters. The number of piperazine rings is 1. The maximum Gasteiger partial charge on any atom is 0.416 e. The normalized spacial score (nSPS) is 15.4. The summed E-state index contributed by atoms with van der Waals surface area (Å²) in [5.41, 5.74) is 1.06. The fraction of sp³-hybridized carbons (Fsp3) is 0.321. The second kappa shape index (κ2) is 12.1. The Morgan fingerprint density at radius 2 is 1.63 bits per heavy atom. The highest BCUT2D eigenvalue weighted by molar-refractivity contribution is 6.30. The Morgan fingerprint density at radius 1 is 0.974 bits per heavy atom. The highest BCUT2D eigenvalue weighted by Gasteiger charge is 2.30. The molecule has 202 valence electrons. The Hall–Kier alpha value is -3.14. The second-order valence-electron chi connectivity index (χ2n) is 8.99. The van der Waals surface area contributed by atoms with Crippen LogP contribution in [0.2, 0.25) is 5.02 Å². The molecule has 1 heterocycles. The van der Waals surface area contributed by atoms with Crippen molar-refractivity contribution in [1.29, 1.82) is 0 Å². The van der Waals surface area contributed by atoms with Gasteiger partial charge in [-0.2, -0.15) is 13.2 Å². The molecule has 3 aromatic rings. The number of carbonyl (C=O) groups excluding carboxylic acids is 1. The van der Waals surface area contributed by atoms with Crippen LogP contribution in [0.1, 0.15) is 33.2 Å². The molecule has 4 rings (SSSR count). The van der Waals surface area contributed by atoms with E-state index < -0.39 is 17.6 Å². The van der Waals surface area contributed by atoms with Gasteiger partial charge in [-0.25, -0.2) is 4.39 Å². The maximum absolute atomic E-state index is 14.1. The van der Waals surface area contributed by atoms with Crippen molar-refractivity contribution in [3.63, 3.8) is 0 Å². The van der Waals surface area contributed by atoms with Crippen LogP contribution < -0.4 is 4.74 Å². The van der Waals surface area contributed by atoms with E-state index in [0.717, 1.165) is 17.7 Å². The number of hydrogen-bond donors (Lipinski definition) is 0. The van der Waals surface area contributed by atoms with Crippen molar-refractivity contribution in [2.24, 2.45) is 0 Å². The summed E-state index contributed by atoms with van der Waals surface area (Å²) in [4.78, 5) is 16.7. The zero-order chi connectivity index (χ0) is 27.3. The van der Waals surface area contributed by atoms with Crippen LogP contribution in [-0.4, -0.2) is 55.5 Å². The smallest absolute Gasteiger partial charge is 0.416 e. The predicted octanol–water partition coefficient (Wildman–Crippen LogP) is 6.22. The summed E-state index contributed by atoms with van der Waals surface area (Å²) in [6.45, 7) is 2.72. The van der Waals surface area contributed by atoms with E-state index in [1.807, 2.05) is 12.1 Å². The third-order valence-electron chi connectivity index (χ3n) is 6.46. The van der Waals surface area contributed by atoms with Crippen LogP contribution in [0, 0.1) is 5.82 Å². The zero-order valence-corrected chi connectivity index (χ0v) is 21.4. The lowest BCUT2D eigenvalue weighted by Gasteiger charge is -2.36. The van der Waals surface area contributed by atoms with Crippen molar-refractivity contribution in [1.82, 2.24) is 9.80 Å². The first kappa shape index (κ1) is 27.9. The van der Waals surface area contributed by atoms with Crippen molar-refractivity contribution in [2.75, 3.05) is 39.8 Å². The maximum atomic E-state index is 14.1. The second-order valence-corrected chi connectivity index (χ2v) is 9.42. The van der Waals surface area contributed by atoms with Gasteiger partial charge in [0, 0.05) is 43.3 Å². The molecule has 1 amide bonds. The summed E-state index contributed by atoms with van der Waals surface area (Å²) in [5, 5.41) is 0.581. The first-order valence-corrected chi connectivity index (χ1v) is 12.4. The lowest BCUT2D eigenvalue weighted by atomic mass is 10.1. The van der Waals surface area contributed by atoms with Gasteiger partial charge in [-0.3, -0.25) is 9.69 Å². The minimum atomic E-state index is -4.39. The van der Waals surface area contributed by atoms with Gasteiger partial charge in [-0.05, 0) is 53.6 Å². The van der Waals surface area contributed by atoms with Gasteiger partial charge in [0.05, 0.1) is 25.4 Å². The summed E-state index contributed by atoms with van der Waals surface area (Å²) in [6, 6.07) is 16.3. The number of carbonyl (C=O) groups is 1. The monoisotopic (exact) mass is 550 g/mol.